The Hall–Kier alpha value is -4.19. The van der Waals surface area contributed by atoms with E-state index in [0.29, 0.717) is 17.9 Å². The fraction of sp³-hybridized carbons (Fsp3) is 0.115. The van der Waals surface area contributed by atoms with Crippen LogP contribution in [-0.2, 0) is 6.54 Å². The molecule has 0 aliphatic carbocycles. The summed E-state index contributed by atoms with van der Waals surface area (Å²) in [7, 11) is 1.63. The Morgan fingerprint density at radius 3 is 2.44 bits per heavy atom. The predicted molar refractivity (Wildman–Crippen MR) is 126 cm³/mol. The first-order valence-electron chi connectivity index (χ1n) is 10.3. The van der Waals surface area contributed by atoms with Crippen molar-refractivity contribution in [1.82, 2.24) is 15.5 Å². The van der Waals surface area contributed by atoms with Crippen LogP contribution >= 0.6 is 0 Å². The van der Waals surface area contributed by atoms with Crippen molar-refractivity contribution in [3.63, 3.8) is 0 Å². The summed E-state index contributed by atoms with van der Waals surface area (Å²) >= 11 is 0. The Kier molecular flexibility index (Phi) is 6.41. The highest BCUT2D eigenvalue weighted by molar-refractivity contribution is 5.95. The van der Waals surface area contributed by atoms with Gasteiger partial charge in [0, 0.05) is 23.4 Å². The van der Waals surface area contributed by atoms with Gasteiger partial charge in [-0.25, -0.2) is 0 Å². The van der Waals surface area contributed by atoms with Gasteiger partial charge in [-0.3, -0.25) is 4.79 Å². The smallest absolute Gasteiger partial charge is 0.251 e. The lowest BCUT2D eigenvalue weighted by atomic mass is 10.1. The van der Waals surface area contributed by atoms with Crippen molar-refractivity contribution in [2.75, 3.05) is 12.4 Å². The van der Waals surface area contributed by atoms with E-state index < -0.39 is 0 Å². The minimum absolute atomic E-state index is 0.148. The molecule has 0 radical (unpaired) electrons. The van der Waals surface area contributed by atoms with Crippen LogP contribution in [0.15, 0.2) is 84.9 Å². The third-order valence-corrected chi connectivity index (χ3v) is 4.99. The van der Waals surface area contributed by atoms with Gasteiger partial charge in [0.15, 0.2) is 5.82 Å². The summed E-state index contributed by atoms with van der Waals surface area (Å²) in [6, 6.07) is 26.8. The van der Waals surface area contributed by atoms with Gasteiger partial charge >= 0.3 is 0 Å². The van der Waals surface area contributed by atoms with Crippen LogP contribution in [0.4, 0.5) is 11.5 Å². The van der Waals surface area contributed by atoms with Gasteiger partial charge in [0.25, 0.3) is 5.91 Å². The van der Waals surface area contributed by atoms with Crippen LogP contribution in [0.25, 0.3) is 11.3 Å². The lowest BCUT2D eigenvalue weighted by Gasteiger charge is -2.09. The molecule has 1 heterocycles. The fourth-order valence-electron chi connectivity index (χ4n) is 3.27. The van der Waals surface area contributed by atoms with Crippen LogP contribution in [0.3, 0.4) is 0 Å². The summed E-state index contributed by atoms with van der Waals surface area (Å²) in [5.74, 6) is 1.25. The molecule has 0 fully saturated rings. The van der Waals surface area contributed by atoms with Gasteiger partial charge in [-0.05, 0) is 61.0 Å². The van der Waals surface area contributed by atoms with Crippen molar-refractivity contribution in [1.29, 1.82) is 0 Å². The third kappa shape index (κ3) is 5.29. The zero-order valence-corrected chi connectivity index (χ0v) is 18.0. The molecule has 2 N–H and O–H groups in total. The maximum Gasteiger partial charge on any atom is 0.251 e. The molecule has 6 heteroatoms. The molecule has 0 aliphatic heterocycles. The van der Waals surface area contributed by atoms with Gasteiger partial charge in [-0.1, -0.05) is 42.0 Å². The second kappa shape index (κ2) is 9.75. The molecule has 0 unspecified atom stereocenters. The lowest BCUT2D eigenvalue weighted by molar-refractivity contribution is 0.0951. The quantitative estimate of drug-likeness (QED) is 0.430. The topological polar surface area (TPSA) is 76.1 Å². The number of hydrogen-bond donors (Lipinski definition) is 2. The molecule has 4 aromatic rings. The number of amides is 1. The number of carbonyl (C=O) groups is 1. The van der Waals surface area contributed by atoms with E-state index in [-0.39, 0.29) is 5.91 Å². The number of aromatic nitrogens is 2. The lowest BCUT2D eigenvalue weighted by Crippen LogP contribution is -2.22. The number of carbonyl (C=O) groups excluding carboxylic acids is 1. The second-order valence-corrected chi connectivity index (χ2v) is 7.41. The molecule has 0 atom stereocenters. The molecule has 160 valence electrons. The number of nitrogens with one attached hydrogen (secondary N) is 2. The average Bonchev–Trinajstić information content (AvgIpc) is 2.83. The highest BCUT2D eigenvalue weighted by atomic mass is 16.5. The number of rotatable bonds is 7. The van der Waals surface area contributed by atoms with Crippen LogP contribution in [-0.4, -0.2) is 23.2 Å². The van der Waals surface area contributed by atoms with Crippen molar-refractivity contribution in [3.05, 3.63) is 102 Å². The largest absolute Gasteiger partial charge is 0.497 e. The van der Waals surface area contributed by atoms with Gasteiger partial charge in [-0.2, -0.15) is 0 Å². The molecule has 0 bridgehead atoms. The van der Waals surface area contributed by atoms with Gasteiger partial charge in [0.1, 0.15) is 5.75 Å². The van der Waals surface area contributed by atoms with Crippen molar-refractivity contribution in [2.45, 2.75) is 13.5 Å². The number of benzene rings is 3. The van der Waals surface area contributed by atoms with Crippen LogP contribution in [0.5, 0.6) is 5.75 Å². The monoisotopic (exact) mass is 424 g/mol. The van der Waals surface area contributed by atoms with Crippen molar-refractivity contribution in [2.24, 2.45) is 0 Å². The summed E-state index contributed by atoms with van der Waals surface area (Å²) in [5, 5.41) is 14.7. The molecule has 6 nitrogen and oxygen atoms in total. The number of aryl methyl sites for hydroxylation is 1. The zero-order chi connectivity index (χ0) is 22.3. The summed E-state index contributed by atoms with van der Waals surface area (Å²) in [6.07, 6.45) is 0. The first-order chi connectivity index (χ1) is 15.6. The Balaban J connectivity index is 1.39. The first kappa shape index (κ1) is 21.1. The molecular formula is C26H24N4O2. The summed E-state index contributed by atoms with van der Waals surface area (Å²) in [4.78, 5) is 12.6. The van der Waals surface area contributed by atoms with Gasteiger partial charge < -0.3 is 15.4 Å². The van der Waals surface area contributed by atoms with E-state index in [1.165, 1.54) is 5.56 Å². The highest BCUT2D eigenvalue weighted by Crippen LogP contribution is 2.20. The standard InChI is InChI=1S/C26H24N4O2/c1-18-5-3-6-20(15-18)24-13-14-25(30-29-24)28-22-8-4-7-21(16-22)26(31)27-17-19-9-11-23(32-2)12-10-19/h3-16H,17H2,1-2H3,(H,27,31)(H,28,30). The third-order valence-electron chi connectivity index (χ3n) is 4.99. The summed E-state index contributed by atoms with van der Waals surface area (Å²) < 4.78 is 5.16. The maximum absolute atomic E-state index is 12.6. The Bertz CT molecular complexity index is 1210. The number of anilines is 2. The van der Waals surface area contributed by atoms with Crippen LogP contribution < -0.4 is 15.4 Å². The fourth-order valence-corrected chi connectivity index (χ4v) is 3.27. The van der Waals surface area contributed by atoms with Crippen LogP contribution in [0.2, 0.25) is 0 Å². The number of methoxy groups -OCH3 is 1. The molecule has 0 spiro atoms. The SMILES string of the molecule is COc1ccc(CNC(=O)c2cccc(Nc3ccc(-c4cccc(C)c4)nn3)c2)cc1. The van der Waals surface area contributed by atoms with E-state index in [2.05, 4.69) is 26.9 Å². The Morgan fingerprint density at radius 1 is 0.906 bits per heavy atom. The number of ether oxygens (including phenoxy) is 1. The van der Waals surface area contributed by atoms with Crippen molar-refractivity contribution >= 4 is 17.4 Å². The van der Waals surface area contributed by atoms with Crippen molar-refractivity contribution < 1.29 is 9.53 Å². The van der Waals surface area contributed by atoms with Gasteiger partial charge in [0.2, 0.25) is 0 Å². The Labute approximate surface area is 187 Å². The van der Waals surface area contributed by atoms with E-state index in [1.807, 2.05) is 73.7 Å². The van der Waals surface area contributed by atoms with Crippen LogP contribution in [0.1, 0.15) is 21.5 Å². The van der Waals surface area contributed by atoms with E-state index in [1.54, 1.807) is 19.2 Å². The molecule has 0 aliphatic rings. The van der Waals surface area contributed by atoms with Crippen LogP contribution in [0, 0.1) is 6.92 Å². The molecule has 0 saturated heterocycles. The molecule has 3 aromatic carbocycles. The van der Waals surface area contributed by atoms with E-state index >= 15 is 0 Å². The van der Waals surface area contributed by atoms with E-state index in [0.717, 1.165) is 28.3 Å². The van der Waals surface area contributed by atoms with Gasteiger partial charge in [-0.15, -0.1) is 10.2 Å². The molecular weight excluding hydrogens is 400 g/mol. The highest BCUT2D eigenvalue weighted by Gasteiger charge is 2.08. The maximum atomic E-state index is 12.6. The molecule has 32 heavy (non-hydrogen) atoms. The minimum atomic E-state index is -0.148. The minimum Gasteiger partial charge on any atom is -0.497 e. The molecule has 1 amide bonds. The number of hydrogen-bond acceptors (Lipinski definition) is 5. The molecule has 4 rings (SSSR count). The second-order valence-electron chi connectivity index (χ2n) is 7.41. The zero-order valence-electron chi connectivity index (χ0n) is 18.0. The number of nitrogens with zero attached hydrogens (tertiary/aromatic N) is 2. The summed E-state index contributed by atoms with van der Waals surface area (Å²) in [5.41, 5.74) is 5.34. The summed E-state index contributed by atoms with van der Waals surface area (Å²) in [6.45, 7) is 2.49. The first-order valence-corrected chi connectivity index (χ1v) is 10.3. The normalized spacial score (nSPS) is 10.4. The van der Waals surface area contributed by atoms with E-state index in [9.17, 15) is 4.79 Å². The average molecular weight is 425 g/mol. The molecule has 1 aromatic heterocycles. The van der Waals surface area contributed by atoms with Crippen molar-refractivity contribution in [3.8, 4) is 17.0 Å². The van der Waals surface area contributed by atoms with Gasteiger partial charge in [0.05, 0.1) is 12.8 Å². The predicted octanol–water partition coefficient (Wildman–Crippen LogP) is 5.13. The molecule has 0 saturated carbocycles. The Morgan fingerprint density at radius 2 is 1.72 bits per heavy atom. The van der Waals surface area contributed by atoms with E-state index in [4.69, 9.17) is 4.74 Å².